The Morgan fingerprint density at radius 1 is 1.28 bits per heavy atom. The maximum Gasteiger partial charge on any atom is 0.262 e. The lowest BCUT2D eigenvalue weighted by atomic mass is 10.2. The van der Waals surface area contributed by atoms with Crippen LogP contribution in [0, 0.1) is 6.92 Å². The van der Waals surface area contributed by atoms with Gasteiger partial charge >= 0.3 is 0 Å². The molecule has 0 spiro atoms. The fourth-order valence-electron chi connectivity index (χ4n) is 1.42. The van der Waals surface area contributed by atoms with Crippen LogP contribution in [-0.2, 0) is 16.6 Å². The Morgan fingerprint density at radius 2 is 1.94 bits per heavy atom. The molecule has 0 unspecified atom stereocenters. The minimum absolute atomic E-state index is 0.148. The Hall–Kier alpha value is -1.37. The van der Waals surface area contributed by atoms with Gasteiger partial charge in [0.25, 0.3) is 10.0 Å². The van der Waals surface area contributed by atoms with Gasteiger partial charge < -0.3 is 5.11 Å². The molecule has 0 atom stereocenters. The normalized spacial score (nSPS) is 11.4. The first kappa shape index (κ1) is 13.1. The molecule has 1 heterocycles. The zero-order chi connectivity index (χ0) is 13.2. The topological polar surface area (TPSA) is 66.4 Å². The van der Waals surface area contributed by atoms with Crippen molar-refractivity contribution in [2.75, 3.05) is 4.72 Å². The molecule has 0 aliphatic carbocycles. The molecule has 2 N–H and O–H groups in total. The number of aliphatic hydroxyl groups is 1. The molecule has 0 fully saturated rings. The number of benzene rings is 1. The second-order valence-electron chi connectivity index (χ2n) is 3.88. The van der Waals surface area contributed by atoms with E-state index < -0.39 is 10.0 Å². The summed E-state index contributed by atoms with van der Waals surface area (Å²) in [6.07, 6.45) is 0. The number of thiophene rings is 1. The highest BCUT2D eigenvalue weighted by Gasteiger charge is 2.16. The molecule has 0 amide bonds. The highest BCUT2D eigenvalue weighted by atomic mass is 32.2. The monoisotopic (exact) mass is 283 g/mol. The van der Waals surface area contributed by atoms with E-state index in [1.165, 1.54) is 22.8 Å². The average molecular weight is 283 g/mol. The van der Waals surface area contributed by atoms with E-state index in [0.717, 1.165) is 5.56 Å². The molecule has 6 heteroatoms. The third-order valence-corrected chi connectivity index (χ3v) is 4.83. The van der Waals surface area contributed by atoms with Crippen LogP contribution in [0.4, 0.5) is 5.69 Å². The number of hydrogen-bond acceptors (Lipinski definition) is 4. The van der Waals surface area contributed by atoms with Crippen LogP contribution >= 0.6 is 11.3 Å². The second kappa shape index (κ2) is 5.09. The highest BCUT2D eigenvalue weighted by Crippen LogP contribution is 2.22. The van der Waals surface area contributed by atoms with E-state index in [-0.39, 0.29) is 11.5 Å². The second-order valence-corrected chi connectivity index (χ2v) is 6.56. The first-order valence-electron chi connectivity index (χ1n) is 5.29. The zero-order valence-electron chi connectivity index (χ0n) is 9.75. The first-order valence-corrected chi connectivity index (χ1v) is 7.65. The van der Waals surface area contributed by atoms with Gasteiger partial charge in [0.05, 0.1) is 11.5 Å². The van der Waals surface area contributed by atoms with Gasteiger partial charge in [0, 0.05) is 15.9 Å². The predicted molar refractivity (Wildman–Crippen MR) is 72.2 cm³/mol. The largest absolute Gasteiger partial charge is 0.391 e. The molecule has 0 bridgehead atoms. The molecule has 18 heavy (non-hydrogen) atoms. The molecule has 0 saturated carbocycles. The van der Waals surface area contributed by atoms with Crippen molar-refractivity contribution in [1.82, 2.24) is 0 Å². The van der Waals surface area contributed by atoms with Crippen LogP contribution in [0.3, 0.4) is 0 Å². The van der Waals surface area contributed by atoms with Gasteiger partial charge in [0.1, 0.15) is 0 Å². The van der Waals surface area contributed by atoms with Crippen LogP contribution in [-0.4, -0.2) is 13.5 Å². The molecule has 4 nitrogen and oxygen atoms in total. The summed E-state index contributed by atoms with van der Waals surface area (Å²) in [4.78, 5) is 0.802. The third-order valence-electron chi connectivity index (χ3n) is 2.40. The molecule has 1 aromatic carbocycles. The Bertz CT molecular complexity index is 630. The molecule has 1 aromatic heterocycles. The molecule has 0 saturated heterocycles. The van der Waals surface area contributed by atoms with Gasteiger partial charge in [-0.2, -0.15) is 0 Å². The van der Waals surface area contributed by atoms with E-state index in [0.29, 0.717) is 10.6 Å². The van der Waals surface area contributed by atoms with Crippen LogP contribution in [0.5, 0.6) is 0 Å². The van der Waals surface area contributed by atoms with E-state index in [4.69, 9.17) is 5.11 Å². The van der Waals surface area contributed by atoms with Crippen molar-refractivity contribution in [1.29, 1.82) is 0 Å². The number of rotatable bonds is 4. The summed E-state index contributed by atoms with van der Waals surface area (Å²) in [7, 11) is -3.57. The number of sulfonamides is 1. The van der Waals surface area contributed by atoms with Gasteiger partial charge in [-0.15, -0.1) is 11.3 Å². The summed E-state index contributed by atoms with van der Waals surface area (Å²) < 4.78 is 26.6. The average Bonchev–Trinajstić information content (AvgIpc) is 2.81. The summed E-state index contributed by atoms with van der Waals surface area (Å²) in [5, 5.41) is 10.4. The van der Waals surface area contributed by atoms with Gasteiger partial charge in [-0.3, -0.25) is 4.72 Å². The van der Waals surface area contributed by atoms with E-state index in [1.54, 1.807) is 12.1 Å². The number of anilines is 1. The standard InChI is InChI=1S/C12H13NO3S2/c1-9-2-4-10(5-3-9)13-18(15,16)12-6-11(7-14)17-8-12/h2-6,8,13-14H,7H2,1H3. The minimum atomic E-state index is -3.57. The van der Waals surface area contributed by atoms with Crippen LogP contribution in [0.15, 0.2) is 40.6 Å². The Balaban J connectivity index is 2.24. The van der Waals surface area contributed by atoms with Crippen molar-refractivity contribution < 1.29 is 13.5 Å². The fraction of sp³-hybridized carbons (Fsp3) is 0.167. The third kappa shape index (κ3) is 2.90. The molecular weight excluding hydrogens is 270 g/mol. The van der Waals surface area contributed by atoms with Gasteiger partial charge in [0.2, 0.25) is 0 Å². The maximum atomic E-state index is 12.0. The summed E-state index contributed by atoms with van der Waals surface area (Å²) in [6.45, 7) is 1.79. The van der Waals surface area contributed by atoms with Crippen molar-refractivity contribution in [3.05, 3.63) is 46.2 Å². The quantitative estimate of drug-likeness (QED) is 0.905. The Morgan fingerprint density at radius 3 is 2.50 bits per heavy atom. The van der Waals surface area contributed by atoms with Crippen molar-refractivity contribution >= 4 is 27.0 Å². The lowest BCUT2D eigenvalue weighted by molar-refractivity contribution is 0.285. The first-order chi connectivity index (χ1) is 8.51. The lowest BCUT2D eigenvalue weighted by Gasteiger charge is -2.06. The number of aryl methyl sites for hydroxylation is 1. The summed E-state index contributed by atoms with van der Waals surface area (Å²) >= 11 is 1.22. The molecule has 2 rings (SSSR count). The molecule has 2 aromatic rings. The van der Waals surface area contributed by atoms with E-state index in [9.17, 15) is 8.42 Å². The van der Waals surface area contributed by atoms with Crippen LogP contribution < -0.4 is 4.72 Å². The zero-order valence-corrected chi connectivity index (χ0v) is 11.4. The summed E-state index contributed by atoms with van der Waals surface area (Å²) in [6, 6.07) is 8.58. The molecule has 0 radical (unpaired) electrons. The van der Waals surface area contributed by atoms with Gasteiger partial charge in [0.15, 0.2) is 0 Å². The van der Waals surface area contributed by atoms with Crippen LogP contribution in [0.1, 0.15) is 10.4 Å². The SMILES string of the molecule is Cc1ccc(NS(=O)(=O)c2csc(CO)c2)cc1. The highest BCUT2D eigenvalue weighted by molar-refractivity contribution is 7.92. The van der Waals surface area contributed by atoms with Crippen molar-refractivity contribution in [3.63, 3.8) is 0 Å². The maximum absolute atomic E-state index is 12.0. The lowest BCUT2D eigenvalue weighted by Crippen LogP contribution is -2.11. The van der Waals surface area contributed by atoms with Gasteiger partial charge in [-0.05, 0) is 25.1 Å². The van der Waals surface area contributed by atoms with E-state index in [1.807, 2.05) is 19.1 Å². The summed E-state index contributed by atoms with van der Waals surface area (Å²) in [5.74, 6) is 0. The molecule has 0 aliphatic heterocycles. The number of nitrogens with one attached hydrogen (secondary N) is 1. The van der Waals surface area contributed by atoms with Crippen LogP contribution in [0.25, 0.3) is 0 Å². The van der Waals surface area contributed by atoms with Crippen LogP contribution in [0.2, 0.25) is 0 Å². The van der Waals surface area contributed by atoms with Gasteiger partial charge in [-0.1, -0.05) is 17.7 Å². The Labute approximate surface area is 110 Å². The predicted octanol–water partition coefficient (Wildman–Crippen LogP) is 2.35. The van der Waals surface area contributed by atoms with E-state index in [2.05, 4.69) is 4.72 Å². The van der Waals surface area contributed by atoms with Crippen molar-refractivity contribution in [2.24, 2.45) is 0 Å². The minimum Gasteiger partial charge on any atom is -0.391 e. The molecule has 0 aliphatic rings. The Kier molecular flexibility index (Phi) is 3.70. The molecular formula is C12H13NO3S2. The smallest absolute Gasteiger partial charge is 0.262 e. The number of hydrogen-bond donors (Lipinski definition) is 2. The number of aliphatic hydroxyl groups excluding tert-OH is 1. The summed E-state index contributed by atoms with van der Waals surface area (Å²) in [5.41, 5.74) is 1.59. The van der Waals surface area contributed by atoms with Crippen molar-refractivity contribution in [2.45, 2.75) is 18.4 Å². The van der Waals surface area contributed by atoms with Gasteiger partial charge in [-0.25, -0.2) is 8.42 Å². The van der Waals surface area contributed by atoms with Crippen molar-refractivity contribution in [3.8, 4) is 0 Å². The fourth-order valence-corrected chi connectivity index (χ4v) is 3.61. The molecule has 96 valence electrons. The van der Waals surface area contributed by atoms with E-state index >= 15 is 0 Å².